The Morgan fingerprint density at radius 3 is 2.21 bits per heavy atom. The average Bonchev–Trinajstić information content (AvgIpc) is 2.88. The van der Waals surface area contributed by atoms with Crippen molar-refractivity contribution in [1.82, 2.24) is 0 Å². The molecule has 1 spiro atoms. The number of aliphatic hydroxyl groups is 1. The van der Waals surface area contributed by atoms with E-state index in [-0.39, 0.29) is 5.12 Å². The van der Waals surface area contributed by atoms with Gasteiger partial charge in [0, 0.05) is 5.02 Å². The van der Waals surface area contributed by atoms with Crippen molar-refractivity contribution in [3.05, 3.63) is 63.4 Å². The predicted molar refractivity (Wildman–Crippen MR) is 119 cm³/mol. The summed E-state index contributed by atoms with van der Waals surface area (Å²) in [5.74, 6) is 0.305. The topological polar surface area (TPSA) is 37.3 Å². The van der Waals surface area contributed by atoms with E-state index >= 15 is 0 Å². The van der Waals surface area contributed by atoms with Crippen LogP contribution in [0.1, 0.15) is 54.4 Å². The van der Waals surface area contributed by atoms with Gasteiger partial charge in [-0.2, -0.15) is 0 Å². The molecule has 2 aliphatic rings. The number of rotatable bonds is 2. The molecule has 4 heteroatoms. The van der Waals surface area contributed by atoms with E-state index in [1.807, 2.05) is 31.2 Å². The lowest BCUT2D eigenvalue weighted by atomic mass is 9.82. The number of thioether (sulfide) groups is 1. The fourth-order valence-corrected chi connectivity index (χ4v) is 6.39. The monoisotopic (exact) mass is 412 g/mol. The third-order valence-corrected chi connectivity index (χ3v) is 7.81. The SMILES string of the molecule is Cc1cc(C)c(-c2ccc(Cl)cc2)c(C)c1C1=C(O)C2(CCCCC2)SC1=O. The van der Waals surface area contributed by atoms with Crippen LogP contribution in [-0.4, -0.2) is 15.0 Å². The molecule has 1 aliphatic carbocycles. The van der Waals surface area contributed by atoms with Crippen molar-refractivity contribution < 1.29 is 9.90 Å². The van der Waals surface area contributed by atoms with Gasteiger partial charge in [-0.3, -0.25) is 4.79 Å². The summed E-state index contributed by atoms with van der Waals surface area (Å²) in [5, 5.41) is 11.9. The fraction of sp³-hybridized carbons (Fsp3) is 0.375. The highest BCUT2D eigenvalue weighted by Gasteiger charge is 2.48. The molecular weight excluding hydrogens is 388 g/mol. The van der Waals surface area contributed by atoms with Crippen LogP contribution in [0.15, 0.2) is 36.1 Å². The number of hydrogen-bond donors (Lipinski definition) is 1. The van der Waals surface area contributed by atoms with Gasteiger partial charge in [-0.25, -0.2) is 0 Å². The van der Waals surface area contributed by atoms with E-state index < -0.39 is 4.75 Å². The Morgan fingerprint density at radius 1 is 0.964 bits per heavy atom. The minimum atomic E-state index is -0.408. The van der Waals surface area contributed by atoms with E-state index in [9.17, 15) is 9.90 Å². The molecule has 1 N–H and O–H groups in total. The minimum absolute atomic E-state index is 0.0107. The lowest BCUT2D eigenvalue weighted by Crippen LogP contribution is -2.28. The maximum Gasteiger partial charge on any atom is 0.224 e. The second-order valence-corrected chi connectivity index (χ2v) is 9.85. The second-order valence-electron chi connectivity index (χ2n) is 8.06. The normalized spacial score (nSPS) is 18.9. The van der Waals surface area contributed by atoms with E-state index in [0.29, 0.717) is 16.4 Å². The van der Waals surface area contributed by atoms with Gasteiger partial charge >= 0.3 is 0 Å². The van der Waals surface area contributed by atoms with Gasteiger partial charge in [0.1, 0.15) is 5.76 Å². The average molecular weight is 413 g/mol. The van der Waals surface area contributed by atoms with E-state index in [2.05, 4.69) is 19.9 Å². The van der Waals surface area contributed by atoms with Gasteiger partial charge in [0.25, 0.3) is 0 Å². The first-order valence-corrected chi connectivity index (χ1v) is 11.1. The van der Waals surface area contributed by atoms with Crippen LogP contribution in [0.4, 0.5) is 0 Å². The molecule has 2 nitrogen and oxygen atoms in total. The predicted octanol–water partition coefficient (Wildman–Crippen LogP) is 7.18. The van der Waals surface area contributed by atoms with E-state index in [4.69, 9.17) is 11.6 Å². The first kappa shape index (κ1) is 19.6. The number of aliphatic hydroxyl groups excluding tert-OH is 1. The standard InChI is InChI=1S/C24H25ClO2S/c1-14-13-15(2)20(16(3)19(14)17-7-9-18(25)10-8-17)21-22(26)24(28-23(21)27)11-5-4-6-12-24/h7-10,13,26H,4-6,11-12H2,1-3H3. The molecule has 0 unspecified atom stereocenters. The van der Waals surface area contributed by atoms with E-state index in [1.54, 1.807) is 0 Å². The number of benzene rings is 2. The Kier molecular flexibility index (Phi) is 5.09. The van der Waals surface area contributed by atoms with Crippen LogP contribution >= 0.6 is 23.4 Å². The van der Waals surface area contributed by atoms with Gasteiger partial charge in [-0.15, -0.1) is 0 Å². The summed E-state index contributed by atoms with van der Waals surface area (Å²) in [4.78, 5) is 13.1. The van der Waals surface area contributed by atoms with Crippen LogP contribution in [0.2, 0.25) is 5.02 Å². The number of aryl methyl sites for hydroxylation is 2. The molecule has 4 rings (SSSR count). The number of halogens is 1. The van der Waals surface area contributed by atoms with Gasteiger partial charge < -0.3 is 5.11 Å². The lowest BCUT2D eigenvalue weighted by Gasteiger charge is -2.31. The summed E-state index contributed by atoms with van der Waals surface area (Å²) in [5.41, 5.74) is 6.85. The van der Waals surface area contributed by atoms with Crippen molar-refractivity contribution in [3.8, 4) is 11.1 Å². The Morgan fingerprint density at radius 2 is 1.57 bits per heavy atom. The third kappa shape index (κ3) is 3.09. The zero-order chi connectivity index (χ0) is 20.1. The van der Waals surface area contributed by atoms with Gasteiger partial charge in [0.2, 0.25) is 5.12 Å². The molecule has 1 saturated carbocycles. The van der Waals surface area contributed by atoms with E-state index in [0.717, 1.165) is 59.1 Å². The summed E-state index contributed by atoms with van der Waals surface area (Å²) in [6.07, 6.45) is 5.08. The molecule has 1 aliphatic heterocycles. The quantitative estimate of drug-likeness (QED) is 0.567. The van der Waals surface area contributed by atoms with Crippen LogP contribution < -0.4 is 0 Å². The summed E-state index contributed by atoms with van der Waals surface area (Å²) < 4.78 is -0.408. The van der Waals surface area contributed by atoms with Crippen molar-refractivity contribution in [3.63, 3.8) is 0 Å². The van der Waals surface area contributed by atoms with Crippen LogP contribution in [0.25, 0.3) is 16.7 Å². The van der Waals surface area contributed by atoms with Crippen molar-refractivity contribution in [1.29, 1.82) is 0 Å². The molecule has 1 heterocycles. The van der Waals surface area contributed by atoms with Gasteiger partial charge in [-0.05, 0) is 79.1 Å². The largest absolute Gasteiger partial charge is 0.510 e. The minimum Gasteiger partial charge on any atom is -0.510 e. The van der Waals surface area contributed by atoms with Gasteiger partial charge in [0.05, 0.1) is 10.3 Å². The fourth-order valence-electron chi connectivity index (χ4n) is 4.91. The molecule has 0 saturated heterocycles. The molecule has 0 atom stereocenters. The Labute approximate surface area is 176 Å². The molecule has 0 radical (unpaired) electrons. The molecule has 2 aromatic carbocycles. The summed E-state index contributed by atoms with van der Waals surface area (Å²) >= 11 is 7.42. The molecular formula is C24H25ClO2S. The van der Waals surface area contributed by atoms with Crippen LogP contribution in [0.3, 0.4) is 0 Å². The van der Waals surface area contributed by atoms with Crippen LogP contribution in [0, 0.1) is 20.8 Å². The molecule has 1 fully saturated rings. The Hall–Kier alpha value is -1.71. The Bertz CT molecular complexity index is 983. The Balaban J connectivity index is 1.92. The third-order valence-electron chi connectivity index (χ3n) is 6.18. The maximum absolute atomic E-state index is 13.1. The molecule has 2 aromatic rings. The molecule has 0 bridgehead atoms. The lowest BCUT2D eigenvalue weighted by molar-refractivity contribution is -0.106. The van der Waals surface area contributed by atoms with Crippen molar-refractivity contribution in [2.24, 2.45) is 0 Å². The number of carbonyl (C=O) groups is 1. The van der Waals surface area contributed by atoms with Gasteiger partial charge in [0.15, 0.2) is 0 Å². The highest BCUT2D eigenvalue weighted by atomic mass is 35.5. The molecule has 146 valence electrons. The summed E-state index contributed by atoms with van der Waals surface area (Å²) in [7, 11) is 0. The number of hydrogen-bond acceptors (Lipinski definition) is 3. The smallest absolute Gasteiger partial charge is 0.224 e. The first-order valence-electron chi connectivity index (χ1n) is 9.88. The second kappa shape index (κ2) is 7.27. The summed E-state index contributed by atoms with van der Waals surface area (Å²) in [6.45, 7) is 6.18. The maximum atomic E-state index is 13.1. The molecule has 0 amide bonds. The van der Waals surface area contributed by atoms with Gasteiger partial charge in [-0.1, -0.05) is 60.8 Å². The highest BCUT2D eigenvalue weighted by molar-refractivity contribution is 8.16. The molecule has 28 heavy (non-hydrogen) atoms. The highest BCUT2D eigenvalue weighted by Crippen LogP contribution is 2.54. The van der Waals surface area contributed by atoms with Crippen molar-refractivity contribution in [2.45, 2.75) is 57.6 Å². The zero-order valence-corrected chi connectivity index (χ0v) is 18.1. The number of carbonyl (C=O) groups excluding carboxylic acids is 1. The van der Waals surface area contributed by atoms with Crippen LogP contribution in [0.5, 0.6) is 0 Å². The van der Waals surface area contributed by atoms with Crippen molar-refractivity contribution >= 4 is 34.1 Å². The van der Waals surface area contributed by atoms with E-state index in [1.165, 1.54) is 18.2 Å². The van der Waals surface area contributed by atoms with Crippen molar-refractivity contribution in [2.75, 3.05) is 0 Å². The first-order chi connectivity index (χ1) is 13.3. The summed E-state index contributed by atoms with van der Waals surface area (Å²) in [6, 6.07) is 9.92. The molecule has 0 aromatic heterocycles. The van der Waals surface area contributed by atoms with Crippen LogP contribution in [-0.2, 0) is 4.79 Å². The zero-order valence-electron chi connectivity index (χ0n) is 16.6.